The van der Waals surface area contributed by atoms with Gasteiger partial charge in [-0.15, -0.1) is 11.3 Å². The summed E-state index contributed by atoms with van der Waals surface area (Å²) in [6, 6.07) is 9.26. The van der Waals surface area contributed by atoms with Gasteiger partial charge in [0.2, 0.25) is 0 Å². The molecule has 1 aromatic carbocycles. The molecular formula is C13H9Br2F3S. The third-order valence-corrected chi connectivity index (χ3v) is 5.46. The van der Waals surface area contributed by atoms with Crippen molar-refractivity contribution in [2.24, 2.45) is 0 Å². The zero-order chi connectivity index (χ0) is 14.0. The van der Waals surface area contributed by atoms with Crippen LogP contribution in [0.3, 0.4) is 0 Å². The number of benzene rings is 1. The highest BCUT2D eigenvalue weighted by Crippen LogP contribution is 2.35. The molecule has 19 heavy (non-hydrogen) atoms. The summed E-state index contributed by atoms with van der Waals surface area (Å²) in [7, 11) is 0. The lowest BCUT2D eigenvalue weighted by atomic mass is 10.1. The molecule has 0 aliphatic rings. The molecule has 1 atom stereocenters. The molecule has 1 unspecified atom stereocenters. The van der Waals surface area contributed by atoms with Crippen LogP contribution in [0.2, 0.25) is 0 Å². The van der Waals surface area contributed by atoms with Gasteiger partial charge in [-0.25, -0.2) is 0 Å². The van der Waals surface area contributed by atoms with Crippen LogP contribution in [-0.2, 0) is 12.6 Å². The Bertz CT molecular complexity index is 546. The van der Waals surface area contributed by atoms with E-state index in [1.54, 1.807) is 11.3 Å². The van der Waals surface area contributed by atoms with Crippen molar-refractivity contribution in [2.75, 3.05) is 0 Å². The van der Waals surface area contributed by atoms with Gasteiger partial charge in [0.1, 0.15) is 0 Å². The highest BCUT2D eigenvalue weighted by molar-refractivity contribution is 9.11. The van der Waals surface area contributed by atoms with E-state index in [1.807, 2.05) is 12.1 Å². The lowest BCUT2D eigenvalue weighted by molar-refractivity contribution is -0.137. The van der Waals surface area contributed by atoms with Crippen molar-refractivity contribution in [2.45, 2.75) is 17.4 Å². The second-order valence-electron chi connectivity index (χ2n) is 4.01. The Morgan fingerprint density at radius 2 is 1.68 bits per heavy atom. The standard InChI is InChI=1S/C13H9Br2F3S/c14-10(11-5-6-12(15)19-11)7-8-1-3-9(4-2-8)13(16,17)18/h1-6,10H,7H2. The van der Waals surface area contributed by atoms with E-state index in [0.717, 1.165) is 26.4 Å². The minimum Gasteiger partial charge on any atom is -0.166 e. The van der Waals surface area contributed by atoms with E-state index >= 15 is 0 Å². The largest absolute Gasteiger partial charge is 0.416 e. The summed E-state index contributed by atoms with van der Waals surface area (Å²) in [6.45, 7) is 0. The molecule has 1 aromatic heterocycles. The van der Waals surface area contributed by atoms with E-state index in [0.29, 0.717) is 6.42 Å². The summed E-state index contributed by atoms with van der Waals surface area (Å²) in [5, 5.41) is 0. The quantitative estimate of drug-likeness (QED) is 0.525. The second-order valence-corrected chi connectivity index (χ2v) is 7.61. The van der Waals surface area contributed by atoms with Crippen molar-refractivity contribution in [3.05, 3.63) is 56.2 Å². The zero-order valence-electron chi connectivity index (χ0n) is 9.55. The predicted octanol–water partition coefficient (Wildman–Crippen LogP) is 6.21. The molecule has 0 aliphatic heterocycles. The smallest absolute Gasteiger partial charge is 0.166 e. The van der Waals surface area contributed by atoms with Gasteiger partial charge in [0.25, 0.3) is 0 Å². The molecule has 6 heteroatoms. The monoisotopic (exact) mass is 412 g/mol. The molecule has 0 N–H and O–H groups in total. The first-order valence-electron chi connectivity index (χ1n) is 5.41. The Balaban J connectivity index is 2.07. The maximum absolute atomic E-state index is 12.4. The van der Waals surface area contributed by atoms with Crippen LogP contribution >= 0.6 is 43.2 Å². The van der Waals surface area contributed by atoms with Crippen LogP contribution in [0.5, 0.6) is 0 Å². The van der Waals surface area contributed by atoms with Crippen LogP contribution in [0.25, 0.3) is 0 Å². The number of hydrogen-bond donors (Lipinski definition) is 0. The molecule has 0 saturated heterocycles. The first-order chi connectivity index (χ1) is 8.86. The predicted molar refractivity (Wildman–Crippen MR) is 78.8 cm³/mol. The van der Waals surface area contributed by atoms with Gasteiger partial charge >= 0.3 is 6.18 Å². The van der Waals surface area contributed by atoms with Gasteiger partial charge in [-0.1, -0.05) is 28.1 Å². The van der Waals surface area contributed by atoms with Crippen LogP contribution in [0.1, 0.15) is 20.8 Å². The second kappa shape index (κ2) is 5.97. The molecule has 0 spiro atoms. The Morgan fingerprint density at radius 3 is 2.16 bits per heavy atom. The summed E-state index contributed by atoms with van der Waals surface area (Å²) in [5.41, 5.74) is 0.264. The number of rotatable bonds is 3. The van der Waals surface area contributed by atoms with Gasteiger partial charge in [-0.2, -0.15) is 13.2 Å². The van der Waals surface area contributed by atoms with E-state index in [-0.39, 0.29) is 4.83 Å². The van der Waals surface area contributed by atoms with Crippen LogP contribution in [0, 0.1) is 0 Å². The molecular weight excluding hydrogens is 405 g/mol. The molecule has 1 heterocycles. The van der Waals surface area contributed by atoms with E-state index in [4.69, 9.17) is 0 Å². The molecule has 0 radical (unpaired) electrons. The zero-order valence-corrected chi connectivity index (χ0v) is 13.5. The third-order valence-electron chi connectivity index (χ3n) is 2.60. The topological polar surface area (TPSA) is 0 Å². The van der Waals surface area contributed by atoms with Gasteiger partial charge < -0.3 is 0 Å². The number of thiophene rings is 1. The summed E-state index contributed by atoms with van der Waals surface area (Å²) in [6.07, 6.45) is -3.62. The van der Waals surface area contributed by atoms with Crippen molar-refractivity contribution in [3.63, 3.8) is 0 Å². The first-order valence-corrected chi connectivity index (χ1v) is 7.94. The lowest BCUT2D eigenvalue weighted by Crippen LogP contribution is -2.04. The van der Waals surface area contributed by atoms with Gasteiger partial charge in [0.15, 0.2) is 0 Å². The fourth-order valence-corrected chi connectivity index (χ4v) is 3.84. The van der Waals surface area contributed by atoms with Crippen molar-refractivity contribution in [1.82, 2.24) is 0 Å². The fourth-order valence-electron chi connectivity index (χ4n) is 1.63. The Morgan fingerprint density at radius 1 is 1.05 bits per heavy atom. The molecule has 0 nitrogen and oxygen atoms in total. The van der Waals surface area contributed by atoms with Gasteiger partial charge in [0.05, 0.1) is 14.2 Å². The number of alkyl halides is 4. The fraction of sp³-hybridized carbons (Fsp3) is 0.231. The average molecular weight is 414 g/mol. The molecule has 102 valence electrons. The highest BCUT2D eigenvalue weighted by Gasteiger charge is 2.29. The van der Waals surface area contributed by atoms with Crippen molar-refractivity contribution in [3.8, 4) is 0 Å². The van der Waals surface area contributed by atoms with Gasteiger partial charge in [-0.05, 0) is 52.2 Å². The van der Waals surface area contributed by atoms with E-state index in [2.05, 4.69) is 31.9 Å². The van der Waals surface area contributed by atoms with E-state index < -0.39 is 11.7 Å². The van der Waals surface area contributed by atoms with Crippen molar-refractivity contribution >= 4 is 43.2 Å². The first kappa shape index (κ1) is 15.1. The highest BCUT2D eigenvalue weighted by atomic mass is 79.9. The van der Waals surface area contributed by atoms with Crippen LogP contribution in [0.15, 0.2) is 40.2 Å². The average Bonchev–Trinajstić information content (AvgIpc) is 2.75. The Hall–Kier alpha value is -0.330. The normalized spacial score (nSPS) is 13.5. The minimum absolute atomic E-state index is 0.112. The van der Waals surface area contributed by atoms with Crippen molar-refractivity contribution in [1.29, 1.82) is 0 Å². The molecule has 0 fully saturated rings. The maximum atomic E-state index is 12.4. The molecule has 0 bridgehead atoms. The number of hydrogen-bond acceptors (Lipinski definition) is 1. The minimum atomic E-state index is -4.27. The Kier molecular flexibility index (Phi) is 4.74. The molecule has 0 aliphatic carbocycles. The van der Waals surface area contributed by atoms with Crippen molar-refractivity contribution < 1.29 is 13.2 Å². The number of halogens is 5. The van der Waals surface area contributed by atoms with Crippen LogP contribution < -0.4 is 0 Å². The van der Waals surface area contributed by atoms with E-state index in [1.165, 1.54) is 12.1 Å². The maximum Gasteiger partial charge on any atom is 0.416 e. The summed E-state index contributed by atoms with van der Waals surface area (Å²) < 4.78 is 38.4. The molecule has 2 aromatic rings. The van der Waals surface area contributed by atoms with Crippen LogP contribution in [0.4, 0.5) is 13.2 Å². The van der Waals surface area contributed by atoms with Gasteiger partial charge in [-0.3, -0.25) is 0 Å². The Labute approximate surface area is 129 Å². The summed E-state index contributed by atoms with van der Waals surface area (Å²) in [4.78, 5) is 1.26. The van der Waals surface area contributed by atoms with E-state index in [9.17, 15) is 13.2 Å². The van der Waals surface area contributed by atoms with Gasteiger partial charge in [0, 0.05) is 4.88 Å². The lowest BCUT2D eigenvalue weighted by Gasteiger charge is -2.10. The molecule has 0 amide bonds. The SMILES string of the molecule is FC(F)(F)c1ccc(CC(Br)c2ccc(Br)s2)cc1. The third kappa shape index (κ3) is 4.07. The van der Waals surface area contributed by atoms with Crippen LogP contribution in [-0.4, -0.2) is 0 Å². The summed E-state index contributed by atoms with van der Waals surface area (Å²) >= 11 is 8.56. The molecule has 2 rings (SSSR count). The summed E-state index contributed by atoms with van der Waals surface area (Å²) in [5.74, 6) is 0. The molecule has 0 saturated carbocycles.